The molecule has 0 fully saturated rings. The second kappa shape index (κ2) is 4.66. The summed E-state index contributed by atoms with van der Waals surface area (Å²) < 4.78 is 0.281. The minimum atomic E-state index is 0.281. The molecule has 0 radical (unpaired) electrons. The maximum absolute atomic E-state index is 3.67. The summed E-state index contributed by atoms with van der Waals surface area (Å²) >= 11 is 2.07. The molecule has 1 aromatic carbocycles. The maximum Gasteiger partial charge on any atom is 0.0469 e. The smallest absolute Gasteiger partial charge is 0.0469 e. The minimum absolute atomic E-state index is 0.281. The molecule has 1 nitrogen and oxygen atoms in total. The van der Waals surface area contributed by atoms with Gasteiger partial charge in [0.25, 0.3) is 0 Å². The van der Waals surface area contributed by atoms with Gasteiger partial charge < -0.3 is 5.32 Å². The standard InChI is InChI=1S/C15H23NS/c1-6-16-14-13-11(3)7-10(2)8-12(13)9-17-15(14,4)5/h7-8,14,16H,6,9H2,1-5H3. The van der Waals surface area contributed by atoms with Crippen molar-refractivity contribution >= 4 is 11.8 Å². The van der Waals surface area contributed by atoms with Crippen LogP contribution >= 0.6 is 11.8 Å². The highest BCUT2D eigenvalue weighted by Crippen LogP contribution is 2.46. The lowest BCUT2D eigenvalue weighted by molar-refractivity contribution is 0.448. The van der Waals surface area contributed by atoms with Crippen LogP contribution in [0.3, 0.4) is 0 Å². The molecule has 0 aliphatic carbocycles. The van der Waals surface area contributed by atoms with Crippen molar-refractivity contribution in [3.05, 3.63) is 34.4 Å². The fourth-order valence-corrected chi connectivity index (χ4v) is 3.98. The first kappa shape index (κ1) is 13.0. The van der Waals surface area contributed by atoms with E-state index in [-0.39, 0.29) is 4.75 Å². The summed E-state index contributed by atoms with van der Waals surface area (Å²) in [6.45, 7) is 12.4. The molecular formula is C15H23NS. The molecular weight excluding hydrogens is 226 g/mol. The van der Waals surface area contributed by atoms with E-state index >= 15 is 0 Å². The van der Waals surface area contributed by atoms with E-state index in [0.29, 0.717) is 6.04 Å². The molecule has 0 saturated heterocycles. The highest BCUT2D eigenvalue weighted by atomic mass is 32.2. The molecule has 2 rings (SSSR count). The Labute approximate surface area is 109 Å². The second-order valence-corrected chi connectivity index (χ2v) is 7.17. The molecule has 0 amide bonds. The molecule has 1 unspecified atom stereocenters. The number of fused-ring (bicyclic) bond motifs is 1. The van der Waals surface area contributed by atoms with Crippen LogP contribution in [0.5, 0.6) is 0 Å². The Hall–Kier alpha value is -0.470. The summed E-state index contributed by atoms with van der Waals surface area (Å²) in [4.78, 5) is 0. The predicted octanol–water partition coefficient (Wildman–Crippen LogP) is 3.98. The molecule has 1 aliphatic heterocycles. The van der Waals surface area contributed by atoms with Gasteiger partial charge in [0, 0.05) is 16.5 Å². The van der Waals surface area contributed by atoms with Gasteiger partial charge in [0.2, 0.25) is 0 Å². The third-order valence-electron chi connectivity index (χ3n) is 3.61. The van der Waals surface area contributed by atoms with Gasteiger partial charge in [0.1, 0.15) is 0 Å². The molecule has 94 valence electrons. The summed E-state index contributed by atoms with van der Waals surface area (Å²) in [5, 5.41) is 3.67. The van der Waals surface area contributed by atoms with Crippen LogP contribution in [0.4, 0.5) is 0 Å². The molecule has 1 aromatic rings. The van der Waals surface area contributed by atoms with Crippen molar-refractivity contribution in [2.75, 3.05) is 6.54 Å². The van der Waals surface area contributed by atoms with Crippen molar-refractivity contribution in [2.24, 2.45) is 0 Å². The summed E-state index contributed by atoms with van der Waals surface area (Å²) in [5.41, 5.74) is 5.90. The summed E-state index contributed by atoms with van der Waals surface area (Å²) in [6.07, 6.45) is 0. The molecule has 1 N–H and O–H groups in total. The molecule has 0 aromatic heterocycles. The number of hydrogen-bond donors (Lipinski definition) is 1. The quantitative estimate of drug-likeness (QED) is 0.851. The van der Waals surface area contributed by atoms with Gasteiger partial charge in [-0.05, 0) is 50.9 Å². The van der Waals surface area contributed by atoms with E-state index in [1.54, 1.807) is 5.56 Å². The van der Waals surface area contributed by atoms with Crippen molar-refractivity contribution < 1.29 is 0 Å². The third-order valence-corrected chi connectivity index (χ3v) is 5.04. The van der Waals surface area contributed by atoms with Crippen LogP contribution in [0.25, 0.3) is 0 Å². The number of nitrogens with one attached hydrogen (secondary N) is 1. The van der Waals surface area contributed by atoms with Gasteiger partial charge in [0.05, 0.1) is 0 Å². The fourth-order valence-electron chi connectivity index (χ4n) is 2.85. The Morgan fingerprint density at radius 2 is 2.06 bits per heavy atom. The monoisotopic (exact) mass is 249 g/mol. The van der Waals surface area contributed by atoms with Gasteiger partial charge in [-0.25, -0.2) is 0 Å². The zero-order valence-corrected chi connectivity index (χ0v) is 12.4. The van der Waals surface area contributed by atoms with E-state index in [2.05, 4.69) is 63.8 Å². The third kappa shape index (κ3) is 2.38. The van der Waals surface area contributed by atoms with Crippen molar-refractivity contribution in [1.29, 1.82) is 0 Å². The Kier molecular flexibility index (Phi) is 3.55. The average molecular weight is 249 g/mol. The molecule has 2 heteroatoms. The Bertz CT molecular complexity index is 423. The van der Waals surface area contributed by atoms with E-state index in [4.69, 9.17) is 0 Å². The van der Waals surface area contributed by atoms with Gasteiger partial charge in [-0.3, -0.25) is 0 Å². The lowest BCUT2D eigenvalue weighted by Crippen LogP contribution is -2.40. The largest absolute Gasteiger partial charge is 0.309 e. The highest BCUT2D eigenvalue weighted by molar-refractivity contribution is 8.00. The average Bonchev–Trinajstić information content (AvgIpc) is 2.22. The van der Waals surface area contributed by atoms with E-state index in [1.165, 1.54) is 16.7 Å². The van der Waals surface area contributed by atoms with Gasteiger partial charge in [-0.15, -0.1) is 11.8 Å². The van der Waals surface area contributed by atoms with Crippen LogP contribution in [0, 0.1) is 13.8 Å². The van der Waals surface area contributed by atoms with Crippen LogP contribution < -0.4 is 5.32 Å². The number of hydrogen-bond acceptors (Lipinski definition) is 2. The molecule has 1 heterocycles. The Balaban J connectivity index is 2.52. The molecule has 0 spiro atoms. The number of rotatable bonds is 2. The first-order valence-electron chi connectivity index (χ1n) is 6.43. The topological polar surface area (TPSA) is 12.0 Å². The van der Waals surface area contributed by atoms with Crippen LogP contribution in [-0.4, -0.2) is 11.3 Å². The second-order valence-electron chi connectivity index (χ2n) is 5.54. The maximum atomic E-state index is 3.67. The minimum Gasteiger partial charge on any atom is -0.309 e. The van der Waals surface area contributed by atoms with Crippen molar-refractivity contribution in [1.82, 2.24) is 5.32 Å². The molecule has 1 atom stereocenters. The normalized spacial score (nSPS) is 22.3. The summed E-state index contributed by atoms with van der Waals surface area (Å²) in [5.74, 6) is 1.15. The van der Waals surface area contributed by atoms with Crippen molar-refractivity contribution in [2.45, 2.75) is 51.2 Å². The van der Waals surface area contributed by atoms with E-state index in [9.17, 15) is 0 Å². The number of benzene rings is 1. The van der Waals surface area contributed by atoms with Gasteiger partial charge in [-0.1, -0.05) is 24.6 Å². The van der Waals surface area contributed by atoms with Gasteiger partial charge in [0.15, 0.2) is 0 Å². The molecule has 0 bridgehead atoms. The van der Waals surface area contributed by atoms with Crippen LogP contribution in [0.15, 0.2) is 12.1 Å². The van der Waals surface area contributed by atoms with E-state index in [0.717, 1.165) is 12.3 Å². The van der Waals surface area contributed by atoms with Crippen LogP contribution in [0.2, 0.25) is 0 Å². The predicted molar refractivity (Wildman–Crippen MR) is 77.7 cm³/mol. The van der Waals surface area contributed by atoms with Crippen molar-refractivity contribution in [3.8, 4) is 0 Å². The summed E-state index contributed by atoms with van der Waals surface area (Å²) in [7, 11) is 0. The zero-order valence-electron chi connectivity index (χ0n) is 11.6. The molecule has 0 saturated carbocycles. The Morgan fingerprint density at radius 1 is 1.35 bits per heavy atom. The fraction of sp³-hybridized carbons (Fsp3) is 0.600. The first-order valence-corrected chi connectivity index (χ1v) is 7.41. The summed E-state index contributed by atoms with van der Waals surface area (Å²) in [6, 6.07) is 5.14. The first-order chi connectivity index (χ1) is 7.95. The van der Waals surface area contributed by atoms with E-state index < -0.39 is 0 Å². The zero-order chi connectivity index (χ0) is 12.6. The molecule has 1 aliphatic rings. The lowest BCUT2D eigenvalue weighted by atomic mass is 9.87. The number of aryl methyl sites for hydroxylation is 2. The highest BCUT2D eigenvalue weighted by Gasteiger charge is 2.36. The Morgan fingerprint density at radius 3 is 2.71 bits per heavy atom. The SMILES string of the molecule is CCNC1c2c(C)cc(C)cc2CSC1(C)C. The molecule has 17 heavy (non-hydrogen) atoms. The van der Waals surface area contributed by atoms with Gasteiger partial charge >= 0.3 is 0 Å². The number of thioether (sulfide) groups is 1. The van der Waals surface area contributed by atoms with Crippen molar-refractivity contribution in [3.63, 3.8) is 0 Å². The van der Waals surface area contributed by atoms with Crippen LogP contribution in [0.1, 0.15) is 49.1 Å². The van der Waals surface area contributed by atoms with Gasteiger partial charge in [-0.2, -0.15) is 0 Å². The van der Waals surface area contributed by atoms with E-state index in [1.807, 2.05) is 0 Å². The van der Waals surface area contributed by atoms with Crippen LogP contribution in [-0.2, 0) is 5.75 Å². The lowest BCUT2D eigenvalue weighted by Gasteiger charge is -2.41.